The standard InChI is InChI=1S/C19H19NO4/c21-17(22)16(14-7-3-1-4-8-14)13-20-18(23)19(11-12-19)24-15-9-5-2-6-10-15/h1-10,16H,11-13H2,(H,20,23)(H,21,22). The van der Waals surface area contributed by atoms with E-state index in [9.17, 15) is 14.7 Å². The van der Waals surface area contributed by atoms with Crippen LogP contribution in [0.5, 0.6) is 5.75 Å². The van der Waals surface area contributed by atoms with Gasteiger partial charge in [-0.1, -0.05) is 48.5 Å². The molecule has 1 aliphatic rings. The summed E-state index contributed by atoms with van der Waals surface area (Å²) in [7, 11) is 0. The van der Waals surface area contributed by atoms with Crippen LogP contribution in [-0.4, -0.2) is 29.1 Å². The van der Waals surface area contributed by atoms with Crippen LogP contribution >= 0.6 is 0 Å². The smallest absolute Gasteiger partial charge is 0.312 e. The molecule has 5 heteroatoms. The topological polar surface area (TPSA) is 75.6 Å². The number of hydrogen-bond donors (Lipinski definition) is 2. The molecular formula is C19H19NO4. The number of ether oxygens (including phenoxy) is 1. The zero-order chi connectivity index (χ0) is 17.0. The molecule has 1 saturated carbocycles. The van der Waals surface area contributed by atoms with E-state index in [2.05, 4.69) is 5.32 Å². The highest BCUT2D eigenvalue weighted by atomic mass is 16.5. The van der Waals surface area contributed by atoms with E-state index >= 15 is 0 Å². The summed E-state index contributed by atoms with van der Waals surface area (Å²) in [5.41, 5.74) is -0.194. The van der Waals surface area contributed by atoms with Crippen molar-refractivity contribution < 1.29 is 19.4 Å². The van der Waals surface area contributed by atoms with Gasteiger partial charge in [0.25, 0.3) is 5.91 Å². The summed E-state index contributed by atoms with van der Waals surface area (Å²) in [5, 5.41) is 12.2. The van der Waals surface area contributed by atoms with Crippen molar-refractivity contribution in [3.05, 3.63) is 66.2 Å². The molecule has 1 amide bonds. The number of carbonyl (C=O) groups is 2. The number of aliphatic carboxylic acids is 1. The van der Waals surface area contributed by atoms with Crippen molar-refractivity contribution in [3.8, 4) is 5.75 Å². The molecular weight excluding hydrogens is 306 g/mol. The van der Waals surface area contributed by atoms with E-state index in [0.29, 0.717) is 24.2 Å². The third kappa shape index (κ3) is 3.56. The molecule has 2 aromatic rings. The highest BCUT2D eigenvalue weighted by Gasteiger charge is 2.53. The zero-order valence-electron chi connectivity index (χ0n) is 13.1. The molecule has 0 aromatic heterocycles. The average Bonchev–Trinajstić information content (AvgIpc) is 3.37. The average molecular weight is 325 g/mol. The molecule has 1 unspecified atom stereocenters. The quantitative estimate of drug-likeness (QED) is 0.820. The normalized spacial score (nSPS) is 16.0. The molecule has 0 saturated heterocycles. The predicted molar refractivity (Wildman–Crippen MR) is 88.9 cm³/mol. The first-order valence-corrected chi connectivity index (χ1v) is 7.91. The fraction of sp³-hybridized carbons (Fsp3) is 0.263. The van der Waals surface area contributed by atoms with Crippen molar-refractivity contribution in [2.45, 2.75) is 24.4 Å². The van der Waals surface area contributed by atoms with E-state index in [4.69, 9.17) is 4.74 Å². The third-order valence-electron chi connectivity index (χ3n) is 4.14. The fourth-order valence-electron chi connectivity index (χ4n) is 2.59. The monoisotopic (exact) mass is 325 g/mol. The van der Waals surface area contributed by atoms with Crippen LogP contribution < -0.4 is 10.1 Å². The van der Waals surface area contributed by atoms with Gasteiger partial charge in [-0.15, -0.1) is 0 Å². The lowest BCUT2D eigenvalue weighted by atomic mass is 9.99. The molecule has 1 atom stereocenters. The molecule has 1 fully saturated rings. The van der Waals surface area contributed by atoms with Crippen LogP contribution in [0.3, 0.4) is 0 Å². The minimum Gasteiger partial charge on any atom is -0.481 e. The van der Waals surface area contributed by atoms with Crippen LogP contribution in [0.2, 0.25) is 0 Å². The van der Waals surface area contributed by atoms with Crippen molar-refractivity contribution >= 4 is 11.9 Å². The second kappa shape index (κ2) is 6.74. The second-order valence-electron chi connectivity index (χ2n) is 5.92. The number of carboxylic acids is 1. The van der Waals surface area contributed by atoms with Crippen LogP contribution in [0.25, 0.3) is 0 Å². The maximum absolute atomic E-state index is 12.5. The summed E-state index contributed by atoms with van der Waals surface area (Å²) in [4.78, 5) is 23.9. The molecule has 24 heavy (non-hydrogen) atoms. The molecule has 0 bridgehead atoms. The maximum atomic E-state index is 12.5. The Morgan fingerprint density at radius 2 is 1.62 bits per heavy atom. The molecule has 1 aliphatic carbocycles. The molecule has 2 aromatic carbocycles. The fourth-order valence-corrected chi connectivity index (χ4v) is 2.59. The Kier molecular flexibility index (Phi) is 4.51. The van der Waals surface area contributed by atoms with Gasteiger partial charge in [0, 0.05) is 19.4 Å². The van der Waals surface area contributed by atoms with E-state index in [-0.39, 0.29) is 12.5 Å². The number of para-hydroxylation sites is 1. The number of amides is 1. The van der Waals surface area contributed by atoms with Gasteiger partial charge in [0.15, 0.2) is 5.60 Å². The summed E-state index contributed by atoms with van der Waals surface area (Å²) in [6.07, 6.45) is 1.27. The van der Waals surface area contributed by atoms with E-state index in [1.807, 2.05) is 24.3 Å². The zero-order valence-corrected chi connectivity index (χ0v) is 13.1. The first-order chi connectivity index (χ1) is 11.6. The first-order valence-electron chi connectivity index (χ1n) is 7.91. The van der Waals surface area contributed by atoms with E-state index < -0.39 is 17.5 Å². The number of benzene rings is 2. The molecule has 2 N–H and O–H groups in total. The van der Waals surface area contributed by atoms with Gasteiger partial charge in [-0.3, -0.25) is 9.59 Å². The van der Waals surface area contributed by atoms with Gasteiger partial charge < -0.3 is 15.2 Å². The van der Waals surface area contributed by atoms with Crippen LogP contribution in [0, 0.1) is 0 Å². The van der Waals surface area contributed by atoms with Crippen LogP contribution in [-0.2, 0) is 9.59 Å². The SMILES string of the molecule is O=C(O)C(CNC(=O)C1(Oc2ccccc2)CC1)c1ccccc1. The van der Waals surface area contributed by atoms with Crippen LogP contribution in [0.15, 0.2) is 60.7 Å². The van der Waals surface area contributed by atoms with Crippen molar-refractivity contribution in [1.82, 2.24) is 5.32 Å². The van der Waals surface area contributed by atoms with Gasteiger partial charge in [-0.25, -0.2) is 0 Å². The maximum Gasteiger partial charge on any atom is 0.312 e. The Bertz CT molecular complexity index is 711. The largest absolute Gasteiger partial charge is 0.481 e. The van der Waals surface area contributed by atoms with Crippen molar-refractivity contribution in [3.63, 3.8) is 0 Å². The highest BCUT2D eigenvalue weighted by molar-refractivity contribution is 5.89. The minimum atomic E-state index is -0.963. The molecule has 0 spiro atoms. The highest BCUT2D eigenvalue weighted by Crippen LogP contribution is 2.40. The van der Waals surface area contributed by atoms with Gasteiger partial charge in [0.2, 0.25) is 0 Å². The van der Waals surface area contributed by atoms with Crippen LogP contribution in [0.1, 0.15) is 24.3 Å². The van der Waals surface area contributed by atoms with Gasteiger partial charge in [0.05, 0.1) is 5.92 Å². The number of nitrogens with one attached hydrogen (secondary N) is 1. The third-order valence-corrected chi connectivity index (χ3v) is 4.14. The molecule has 5 nitrogen and oxygen atoms in total. The van der Waals surface area contributed by atoms with Gasteiger partial charge >= 0.3 is 5.97 Å². The minimum absolute atomic E-state index is 0.0398. The van der Waals surface area contributed by atoms with E-state index in [1.165, 1.54) is 0 Å². The summed E-state index contributed by atoms with van der Waals surface area (Å²) in [6.45, 7) is 0.0398. The van der Waals surface area contributed by atoms with Crippen molar-refractivity contribution in [2.24, 2.45) is 0 Å². The number of hydrogen-bond acceptors (Lipinski definition) is 3. The second-order valence-corrected chi connectivity index (χ2v) is 5.92. The lowest BCUT2D eigenvalue weighted by molar-refractivity contribution is -0.139. The Labute approximate surface area is 140 Å². The Balaban J connectivity index is 1.63. The van der Waals surface area contributed by atoms with Gasteiger partial charge in [0.1, 0.15) is 5.75 Å². The van der Waals surface area contributed by atoms with E-state index in [0.717, 1.165) is 0 Å². The lowest BCUT2D eigenvalue weighted by Crippen LogP contribution is -2.43. The molecule has 0 aliphatic heterocycles. The van der Waals surface area contributed by atoms with Crippen molar-refractivity contribution in [2.75, 3.05) is 6.54 Å². The molecule has 124 valence electrons. The molecule has 0 radical (unpaired) electrons. The molecule has 0 heterocycles. The van der Waals surface area contributed by atoms with Crippen molar-refractivity contribution in [1.29, 1.82) is 0 Å². The van der Waals surface area contributed by atoms with Gasteiger partial charge in [-0.2, -0.15) is 0 Å². The number of rotatable bonds is 7. The lowest BCUT2D eigenvalue weighted by Gasteiger charge is -2.19. The number of carbonyl (C=O) groups excluding carboxylic acids is 1. The molecule has 3 rings (SSSR count). The Hall–Kier alpha value is -2.82. The Morgan fingerprint density at radius 3 is 2.17 bits per heavy atom. The summed E-state index contributed by atoms with van der Waals surface area (Å²) in [6, 6.07) is 18.1. The van der Waals surface area contributed by atoms with E-state index in [1.54, 1.807) is 36.4 Å². The summed E-state index contributed by atoms with van der Waals surface area (Å²) in [5.74, 6) is -1.35. The first kappa shape index (κ1) is 16.1. The van der Waals surface area contributed by atoms with Gasteiger partial charge in [-0.05, 0) is 17.7 Å². The summed E-state index contributed by atoms with van der Waals surface area (Å²) < 4.78 is 5.81. The predicted octanol–water partition coefficient (Wildman–Crippen LogP) is 2.58. The van der Waals surface area contributed by atoms with Crippen LogP contribution in [0.4, 0.5) is 0 Å². The summed E-state index contributed by atoms with van der Waals surface area (Å²) >= 11 is 0. The Morgan fingerprint density at radius 1 is 1.04 bits per heavy atom. The number of carboxylic acid groups (broad SMARTS) is 1.